The summed E-state index contributed by atoms with van der Waals surface area (Å²) < 4.78 is 13.3. The molecule has 1 atom stereocenters. The maximum Gasteiger partial charge on any atom is 0.224 e. The van der Waals surface area contributed by atoms with Crippen molar-refractivity contribution in [2.24, 2.45) is 0 Å². The molecule has 0 aliphatic rings. The molecule has 0 heterocycles. The molecule has 0 spiro atoms. The molecule has 0 saturated carbocycles. The molecular weight excluding hydrogens is 205 g/mol. The number of carbonyl (C=O) groups excluding carboxylic acids is 1. The van der Waals surface area contributed by atoms with E-state index in [-0.39, 0.29) is 24.2 Å². The highest BCUT2D eigenvalue weighted by Crippen LogP contribution is 2.07. The maximum absolute atomic E-state index is 13.3. The molecular formula is C13H18FNO. The van der Waals surface area contributed by atoms with Crippen molar-refractivity contribution in [2.75, 3.05) is 0 Å². The zero-order valence-corrected chi connectivity index (χ0v) is 9.79. The third-order valence-electron chi connectivity index (χ3n) is 2.44. The lowest BCUT2D eigenvalue weighted by Gasteiger charge is -2.12. The summed E-state index contributed by atoms with van der Waals surface area (Å²) in [5.74, 6) is -0.438. The predicted octanol–water partition coefficient (Wildman–Crippen LogP) is 2.67. The van der Waals surface area contributed by atoms with Gasteiger partial charge in [0.1, 0.15) is 5.82 Å². The number of amides is 1. The van der Waals surface area contributed by atoms with E-state index in [2.05, 4.69) is 12.2 Å². The number of benzene rings is 1. The number of carbonyl (C=O) groups is 1. The first kappa shape index (κ1) is 12.7. The fourth-order valence-corrected chi connectivity index (χ4v) is 1.65. The Labute approximate surface area is 95.9 Å². The number of rotatable bonds is 5. The van der Waals surface area contributed by atoms with E-state index in [4.69, 9.17) is 0 Å². The van der Waals surface area contributed by atoms with Gasteiger partial charge in [-0.2, -0.15) is 0 Å². The first-order chi connectivity index (χ1) is 7.63. The van der Waals surface area contributed by atoms with Crippen molar-refractivity contribution in [3.8, 4) is 0 Å². The minimum absolute atomic E-state index is 0.112. The van der Waals surface area contributed by atoms with Gasteiger partial charge in [0.15, 0.2) is 0 Å². The zero-order valence-electron chi connectivity index (χ0n) is 9.79. The molecule has 1 aromatic carbocycles. The van der Waals surface area contributed by atoms with Crippen LogP contribution >= 0.6 is 0 Å². The second-order valence-corrected chi connectivity index (χ2v) is 4.03. The molecule has 0 unspecified atom stereocenters. The van der Waals surface area contributed by atoms with E-state index in [1.54, 1.807) is 18.2 Å². The molecule has 88 valence electrons. The van der Waals surface area contributed by atoms with Crippen molar-refractivity contribution in [1.82, 2.24) is 5.32 Å². The van der Waals surface area contributed by atoms with Gasteiger partial charge in [-0.05, 0) is 25.0 Å². The van der Waals surface area contributed by atoms with E-state index in [1.807, 2.05) is 6.92 Å². The molecule has 1 aromatic rings. The van der Waals surface area contributed by atoms with Gasteiger partial charge in [-0.3, -0.25) is 4.79 Å². The summed E-state index contributed by atoms with van der Waals surface area (Å²) in [5.41, 5.74) is 0.448. The average Bonchev–Trinajstić information content (AvgIpc) is 2.21. The van der Waals surface area contributed by atoms with Gasteiger partial charge >= 0.3 is 0 Å². The van der Waals surface area contributed by atoms with Gasteiger partial charge in [-0.1, -0.05) is 31.5 Å². The highest BCUT2D eigenvalue weighted by Gasteiger charge is 2.09. The van der Waals surface area contributed by atoms with Crippen LogP contribution in [-0.4, -0.2) is 11.9 Å². The van der Waals surface area contributed by atoms with Gasteiger partial charge in [-0.15, -0.1) is 0 Å². The van der Waals surface area contributed by atoms with Crippen molar-refractivity contribution < 1.29 is 9.18 Å². The van der Waals surface area contributed by atoms with E-state index in [9.17, 15) is 9.18 Å². The van der Waals surface area contributed by atoms with Crippen LogP contribution in [0.4, 0.5) is 4.39 Å². The van der Waals surface area contributed by atoms with Crippen LogP contribution in [0.2, 0.25) is 0 Å². The quantitative estimate of drug-likeness (QED) is 0.817. The fourth-order valence-electron chi connectivity index (χ4n) is 1.65. The summed E-state index contributed by atoms with van der Waals surface area (Å²) in [7, 11) is 0. The first-order valence-corrected chi connectivity index (χ1v) is 5.66. The maximum atomic E-state index is 13.3. The Morgan fingerprint density at radius 2 is 2.12 bits per heavy atom. The number of hydrogen-bond acceptors (Lipinski definition) is 1. The van der Waals surface area contributed by atoms with Crippen LogP contribution < -0.4 is 5.32 Å². The molecule has 1 rings (SSSR count). The minimum Gasteiger partial charge on any atom is -0.353 e. The van der Waals surface area contributed by atoms with Crippen LogP contribution in [0.3, 0.4) is 0 Å². The van der Waals surface area contributed by atoms with E-state index in [0.29, 0.717) is 5.56 Å². The van der Waals surface area contributed by atoms with Crippen LogP contribution in [0.15, 0.2) is 24.3 Å². The normalized spacial score (nSPS) is 12.2. The SMILES string of the molecule is CCC[C@H](C)NC(=O)Cc1ccccc1F. The fraction of sp³-hybridized carbons (Fsp3) is 0.462. The van der Waals surface area contributed by atoms with Gasteiger partial charge in [-0.25, -0.2) is 4.39 Å². The molecule has 0 aromatic heterocycles. The van der Waals surface area contributed by atoms with Crippen molar-refractivity contribution in [2.45, 2.75) is 39.2 Å². The Morgan fingerprint density at radius 1 is 1.44 bits per heavy atom. The van der Waals surface area contributed by atoms with Crippen LogP contribution in [0, 0.1) is 5.82 Å². The zero-order chi connectivity index (χ0) is 12.0. The average molecular weight is 223 g/mol. The van der Waals surface area contributed by atoms with Gasteiger partial charge in [0.2, 0.25) is 5.91 Å². The summed E-state index contributed by atoms with van der Waals surface area (Å²) in [5, 5.41) is 2.85. The van der Waals surface area contributed by atoms with E-state index < -0.39 is 0 Å². The van der Waals surface area contributed by atoms with E-state index in [0.717, 1.165) is 12.8 Å². The predicted molar refractivity (Wildman–Crippen MR) is 62.6 cm³/mol. The van der Waals surface area contributed by atoms with Gasteiger partial charge in [0.05, 0.1) is 6.42 Å². The third kappa shape index (κ3) is 4.01. The molecule has 1 amide bonds. The van der Waals surface area contributed by atoms with Gasteiger partial charge < -0.3 is 5.32 Å². The molecule has 16 heavy (non-hydrogen) atoms. The largest absolute Gasteiger partial charge is 0.353 e. The summed E-state index contributed by atoms with van der Waals surface area (Å²) in [6.45, 7) is 4.03. The first-order valence-electron chi connectivity index (χ1n) is 5.66. The summed E-state index contributed by atoms with van der Waals surface area (Å²) in [4.78, 5) is 11.6. The van der Waals surface area contributed by atoms with E-state index >= 15 is 0 Å². The summed E-state index contributed by atoms with van der Waals surface area (Å²) >= 11 is 0. The van der Waals surface area contributed by atoms with Crippen LogP contribution in [0.25, 0.3) is 0 Å². The molecule has 0 aliphatic heterocycles. The van der Waals surface area contributed by atoms with Crippen LogP contribution in [0.5, 0.6) is 0 Å². The third-order valence-corrected chi connectivity index (χ3v) is 2.44. The molecule has 0 saturated heterocycles. The van der Waals surface area contributed by atoms with Crippen LogP contribution in [0.1, 0.15) is 32.3 Å². The Bertz CT molecular complexity index is 352. The highest BCUT2D eigenvalue weighted by atomic mass is 19.1. The molecule has 2 nitrogen and oxygen atoms in total. The molecule has 0 fully saturated rings. The molecule has 1 N–H and O–H groups in total. The number of halogens is 1. The standard InChI is InChI=1S/C13H18FNO/c1-3-6-10(2)15-13(16)9-11-7-4-5-8-12(11)14/h4-5,7-8,10H,3,6,9H2,1-2H3,(H,15,16)/t10-/m0/s1. The molecule has 0 radical (unpaired) electrons. The Balaban J connectivity index is 2.49. The smallest absolute Gasteiger partial charge is 0.224 e. The van der Waals surface area contributed by atoms with Crippen molar-refractivity contribution in [3.05, 3.63) is 35.6 Å². The van der Waals surface area contributed by atoms with E-state index in [1.165, 1.54) is 6.07 Å². The number of hydrogen-bond donors (Lipinski definition) is 1. The lowest BCUT2D eigenvalue weighted by molar-refractivity contribution is -0.121. The van der Waals surface area contributed by atoms with Crippen molar-refractivity contribution in [1.29, 1.82) is 0 Å². The summed E-state index contributed by atoms with van der Waals surface area (Å²) in [6, 6.07) is 6.53. The topological polar surface area (TPSA) is 29.1 Å². The van der Waals surface area contributed by atoms with Crippen LogP contribution in [-0.2, 0) is 11.2 Å². The highest BCUT2D eigenvalue weighted by molar-refractivity contribution is 5.78. The lowest BCUT2D eigenvalue weighted by Crippen LogP contribution is -2.33. The molecule has 0 bridgehead atoms. The lowest BCUT2D eigenvalue weighted by atomic mass is 10.1. The number of nitrogens with one attached hydrogen (secondary N) is 1. The monoisotopic (exact) mass is 223 g/mol. The second kappa shape index (κ2) is 6.26. The molecule has 0 aliphatic carbocycles. The Hall–Kier alpha value is -1.38. The molecule has 3 heteroatoms. The van der Waals surface area contributed by atoms with Gasteiger partial charge in [0.25, 0.3) is 0 Å². The Kier molecular flexibility index (Phi) is 4.96. The second-order valence-electron chi connectivity index (χ2n) is 4.03. The Morgan fingerprint density at radius 3 is 2.75 bits per heavy atom. The van der Waals surface area contributed by atoms with Crippen molar-refractivity contribution in [3.63, 3.8) is 0 Å². The van der Waals surface area contributed by atoms with Gasteiger partial charge in [0, 0.05) is 6.04 Å². The minimum atomic E-state index is -0.319. The van der Waals surface area contributed by atoms with Crippen molar-refractivity contribution >= 4 is 5.91 Å². The summed E-state index contributed by atoms with van der Waals surface area (Å²) in [6.07, 6.45) is 2.09.